The van der Waals surface area contributed by atoms with E-state index < -0.39 is 11.7 Å². The first-order chi connectivity index (χ1) is 12.8. The molecule has 3 aromatic rings. The Morgan fingerprint density at radius 2 is 1.89 bits per heavy atom. The number of carbonyl (C=O) groups is 1. The first-order valence-electron chi connectivity index (χ1n) is 8.78. The van der Waals surface area contributed by atoms with Crippen LogP contribution < -0.4 is 10.7 Å². The molecule has 0 radical (unpaired) electrons. The first kappa shape index (κ1) is 18.5. The van der Waals surface area contributed by atoms with Crippen molar-refractivity contribution in [2.45, 2.75) is 33.3 Å². The standard InChI is InChI=1S/C21H24N4O2/c1-14-8-10-16(11-9-14)25-23-13-15-12-22-17-6-5-7-18(19(15)17)24-20(26)27-21(2,3)4/h5-13,22,25H,1-4H3,(H,24,26)/b23-13+. The maximum absolute atomic E-state index is 12.1. The number of anilines is 2. The quantitative estimate of drug-likeness (QED) is 0.436. The van der Waals surface area contributed by atoms with Gasteiger partial charge in [0.05, 0.1) is 17.6 Å². The molecule has 2 aromatic carbocycles. The van der Waals surface area contributed by atoms with E-state index >= 15 is 0 Å². The molecule has 3 rings (SSSR count). The van der Waals surface area contributed by atoms with Crippen molar-refractivity contribution in [2.24, 2.45) is 5.10 Å². The van der Waals surface area contributed by atoms with Gasteiger partial charge in [0.25, 0.3) is 0 Å². The maximum Gasteiger partial charge on any atom is 0.412 e. The van der Waals surface area contributed by atoms with Gasteiger partial charge in [-0.3, -0.25) is 10.7 Å². The van der Waals surface area contributed by atoms with Gasteiger partial charge < -0.3 is 9.72 Å². The minimum atomic E-state index is -0.557. The highest BCUT2D eigenvalue weighted by Gasteiger charge is 2.17. The Morgan fingerprint density at radius 3 is 2.59 bits per heavy atom. The van der Waals surface area contributed by atoms with E-state index in [1.54, 1.807) is 6.21 Å². The number of benzene rings is 2. The molecular weight excluding hydrogens is 340 g/mol. The molecule has 0 fully saturated rings. The summed E-state index contributed by atoms with van der Waals surface area (Å²) < 4.78 is 5.35. The average Bonchev–Trinajstić information content (AvgIpc) is 2.99. The number of fused-ring (bicyclic) bond motifs is 1. The first-order valence-corrected chi connectivity index (χ1v) is 8.78. The Morgan fingerprint density at radius 1 is 1.15 bits per heavy atom. The van der Waals surface area contributed by atoms with Gasteiger partial charge >= 0.3 is 6.09 Å². The predicted molar refractivity (Wildman–Crippen MR) is 111 cm³/mol. The number of nitrogens with one attached hydrogen (secondary N) is 3. The topological polar surface area (TPSA) is 78.5 Å². The number of aromatic nitrogens is 1. The minimum Gasteiger partial charge on any atom is -0.444 e. The van der Waals surface area contributed by atoms with E-state index in [2.05, 4.69) is 20.8 Å². The maximum atomic E-state index is 12.1. The number of H-pyrrole nitrogens is 1. The van der Waals surface area contributed by atoms with Crippen molar-refractivity contribution in [3.05, 3.63) is 59.8 Å². The van der Waals surface area contributed by atoms with Gasteiger partial charge in [0.15, 0.2) is 0 Å². The molecule has 1 heterocycles. The Balaban J connectivity index is 1.81. The van der Waals surface area contributed by atoms with Crippen molar-refractivity contribution < 1.29 is 9.53 Å². The number of nitrogens with zero attached hydrogens (tertiary/aromatic N) is 1. The van der Waals surface area contributed by atoms with E-state index in [-0.39, 0.29) is 0 Å². The summed E-state index contributed by atoms with van der Waals surface area (Å²) in [6.45, 7) is 7.53. The molecule has 0 aliphatic heterocycles. The van der Waals surface area contributed by atoms with Gasteiger partial charge in [-0.2, -0.15) is 5.10 Å². The van der Waals surface area contributed by atoms with Gasteiger partial charge in [-0.05, 0) is 52.0 Å². The predicted octanol–water partition coefficient (Wildman–Crippen LogP) is 5.27. The number of aryl methyl sites for hydroxylation is 1. The molecule has 0 unspecified atom stereocenters. The van der Waals surface area contributed by atoms with Crippen LogP contribution in [0.25, 0.3) is 10.9 Å². The lowest BCUT2D eigenvalue weighted by molar-refractivity contribution is 0.0636. The molecule has 1 amide bonds. The highest BCUT2D eigenvalue weighted by atomic mass is 16.6. The number of aromatic amines is 1. The molecule has 0 aliphatic carbocycles. The van der Waals surface area contributed by atoms with Crippen LogP contribution in [-0.2, 0) is 4.74 Å². The normalized spacial score (nSPS) is 11.7. The Bertz CT molecular complexity index is 966. The third-order valence-electron chi connectivity index (χ3n) is 3.82. The summed E-state index contributed by atoms with van der Waals surface area (Å²) in [7, 11) is 0. The van der Waals surface area contributed by atoms with Crippen molar-refractivity contribution in [3.8, 4) is 0 Å². The van der Waals surface area contributed by atoms with E-state index in [1.807, 2.05) is 76.4 Å². The molecule has 140 valence electrons. The molecule has 0 bridgehead atoms. The van der Waals surface area contributed by atoms with Crippen molar-refractivity contribution in [1.29, 1.82) is 0 Å². The fraction of sp³-hybridized carbons (Fsp3) is 0.238. The van der Waals surface area contributed by atoms with Gasteiger partial charge in [-0.25, -0.2) is 4.79 Å². The highest BCUT2D eigenvalue weighted by Crippen LogP contribution is 2.26. The van der Waals surface area contributed by atoms with Crippen LogP contribution in [0.15, 0.2) is 53.8 Å². The SMILES string of the molecule is Cc1ccc(N/N=C/c2c[nH]c3cccc(NC(=O)OC(C)(C)C)c23)cc1. The fourth-order valence-corrected chi connectivity index (χ4v) is 2.64. The lowest BCUT2D eigenvalue weighted by Crippen LogP contribution is -2.27. The molecule has 0 saturated heterocycles. The number of amides is 1. The molecular formula is C21H24N4O2. The van der Waals surface area contributed by atoms with Gasteiger partial charge in [0.1, 0.15) is 5.60 Å². The smallest absolute Gasteiger partial charge is 0.412 e. The summed E-state index contributed by atoms with van der Waals surface area (Å²) in [5.41, 5.74) is 6.98. The third kappa shape index (κ3) is 4.88. The monoisotopic (exact) mass is 364 g/mol. The Kier molecular flexibility index (Phi) is 5.16. The second kappa shape index (κ2) is 7.53. The van der Waals surface area contributed by atoms with Crippen LogP contribution in [0.1, 0.15) is 31.9 Å². The van der Waals surface area contributed by atoms with Crippen LogP contribution in [0.2, 0.25) is 0 Å². The van der Waals surface area contributed by atoms with Crippen molar-refractivity contribution >= 4 is 34.6 Å². The molecule has 6 nitrogen and oxygen atoms in total. The van der Waals surface area contributed by atoms with Gasteiger partial charge in [-0.15, -0.1) is 0 Å². The number of hydrogen-bond acceptors (Lipinski definition) is 4. The molecule has 3 N–H and O–H groups in total. The summed E-state index contributed by atoms with van der Waals surface area (Å²) in [4.78, 5) is 15.3. The van der Waals surface area contributed by atoms with Gasteiger partial charge in [0, 0.05) is 22.7 Å². The van der Waals surface area contributed by atoms with Crippen LogP contribution in [0.4, 0.5) is 16.2 Å². The lowest BCUT2D eigenvalue weighted by atomic mass is 10.1. The number of hydrogen-bond donors (Lipinski definition) is 3. The second-order valence-electron chi connectivity index (χ2n) is 7.34. The highest BCUT2D eigenvalue weighted by molar-refractivity contribution is 6.08. The lowest BCUT2D eigenvalue weighted by Gasteiger charge is -2.20. The summed E-state index contributed by atoms with van der Waals surface area (Å²) in [5, 5.41) is 8.00. The summed E-state index contributed by atoms with van der Waals surface area (Å²) in [5.74, 6) is 0. The van der Waals surface area contributed by atoms with Crippen molar-refractivity contribution in [3.63, 3.8) is 0 Å². The van der Waals surface area contributed by atoms with Gasteiger partial charge in [0.2, 0.25) is 0 Å². The van der Waals surface area contributed by atoms with Crippen LogP contribution in [0.5, 0.6) is 0 Å². The summed E-state index contributed by atoms with van der Waals surface area (Å²) in [6.07, 6.45) is 3.08. The van der Waals surface area contributed by atoms with E-state index in [1.165, 1.54) is 5.56 Å². The van der Waals surface area contributed by atoms with Crippen LogP contribution in [0.3, 0.4) is 0 Å². The molecule has 0 aliphatic rings. The number of carbonyl (C=O) groups excluding carboxylic acids is 1. The summed E-state index contributed by atoms with van der Waals surface area (Å²) in [6, 6.07) is 13.6. The molecule has 0 saturated carbocycles. The zero-order valence-corrected chi connectivity index (χ0v) is 16.0. The molecule has 0 atom stereocenters. The van der Waals surface area contributed by atoms with Crippen LogP contribution in [0, 0.1) is 6.92 Å². The molecule has 0 spiro atoms. The number of rotatable bonds is 4. The third-order valence-corrected chi connectivity index (χ3v) is 3.82. The van der Waals surface area contributed by atoms with E-state index in [0.717, 1.165) is 22.2 Å². The zero-order valence-electron chi connectivity index (χ0n) is 16.0. The van der Waals surface area contributed by atoms with E-state index in [0.29, 0.717) is 5.69 Å². The van der Waals surface area contributed by atoms with Crippen LogP contribution >= 0.6 is 0 Å². The zero-order chi connectivity index (χ0) is 19.4. The molecule has 27 heavy (non-hydrogen) atoms. The van der Waals surface area contributed by atoms with Crippen molar-refractivity contribution in [2.75, 3.05) is 10.7 Å². The van der Waals surface area contributed by atoms with E-state index in [4.69, 9.17) is 4.74 Å². The minimum absolute atomic E-state index is 0.489. The van der Waals surface area contributed by atoms with Crippen LogP contribution in [-0.4, -0.2) is 22.9 Å². The number of hydrazone groups is 1. The Labute approximate surface area is 158 Å². The van der Waals surface area contributed by atoms with E-state index in [9.17, 15) is 4.79 Å². The fourth-order valence-electron chi connectivity index (χ4n) is 2.64. The number of ether oxygens (including phenoxy) is 1. The summed E-state index contributed by atoms with van der Waals surface area (Å²) >= 11 is 0. The average molecular weight is 364 g/mol. The largest absolute Gasteiger partial charge is 0.444 e. The Hall–Kier alpha value is -3.28. The molecule has 1 aromatic heterocycles. The van der Waals surface area contributed by atoms with Crippen molar-refractivity contribution in [1.82, 2.24) is 4.98 Å². The van der Waals surface area contributed by atoms with Gasteiger partial charge in [-0.1, -0.05) is 23.8 Å². The molecule has 6 heteroatoms. The second-order valence-corrected chi connectivity index (χ2v) is 7.34.